The van der Waals surface area contributed by atoms with Gasteiger partial charge in [-0.1, -0.05) is 20.8 Å². The third kappa shape index (κ3) is 5.12. The van der Waals surface area contributed by atoms with Gasteiger partial charge in [0.25, 0.3) is 0 Å². The predicted octanol–water partition coefficient (Wildman–Crippen LogP) is 1.04. The summed E-state index contributed by atoms with van der Waals surface area (Å²) in [4.78, 5) is 23.9. The van der Waals surface area contributed by atoms with Crippen molar-refractivity contribution < 1.29 is 9.59 Å². The van der Waals surface area contributed by atoms with Crippen molar-refractivity contribution in [1.29, 1.82) is 0 Å². The van der Waals surface area contributed by atoms with Gasteiger partial charge in [-0.05, 0) is 38.3 Å². The van der Waals surface area contributed by atoms with E-state index >= 15 is 0 Å². The molecule has 0 bridgehead atoms. The molecule has 1 aliphatic rings. The van der Waals surface area contributed by atoms with Crippen LogP contribution in [0.1, 0.15) is 46.5 Å². The molecule has 1 fully saturated rings. The predicted molar refractivity (Wildman–Crippen MR) is 80.3 cm³/mol. The lowest BCUT2D eigenvalue weighted by atomic mass is 9.76. The lowest BCUT2D eigenvalue weighted by molar-refractivity contribution is -0.133. The Hall–Kier alpha value is -1.10. The van der Waals surface area contributed by atoms with Crippen molar-refractivity contribution in [3.63, 3.8) is 0 Å². The molecule has 0 aromatic rings. The van der Waals surface area contributed by atoms with Gasteiger partial charge >= 0.3 is 0 Å². The molecule has 0 spiro atoms. The first kappa shape index (κ1) is 17.0. The molecule has 0 aromatic heterocycles. The summed E-state index contributed by atoms with van der Waals surface area (Å²) >= 11 is 0. The molecule has 0 aromatic carbocycles. The molecule has 20 heavy (non-hydrogen) atoms. The molecule has 3 N–H and O–H groups in total. The van der Waals surface area contributed by atoms with Crippen LogP contribution in [0.3, 0.4) is 0 Å². The molecule has 1 heterocycles. The van der Waals surface area contributed by atoms with Crippen LogP contribution in [0.4, 0.5) is 0 Å². The Morgan fingerprint density at radius 1 is 1.20 bits per heavy atom. The summed E-state index contributed by atoms with van der Waals surface area (Å²) < 4.78 is 0. The van der Waals surface area contributed by atoms with Crippen molar-refractivity contribution in [2.45, 2.75) is 46.5 Å². The maximum Gasteiger partial charge on any atom is 0.226 e. The van der Waals surface area contributed by atoms with Crippen LogP contribution in [0.15, 0.2) is 0 Å². The van der Waals surface area contributed by atoms with Gasteiger partial charge in [-0.3, -0.25) is 9.59 Å². The van der Waals surface area contributed by atoms with E-state index in [1.165, 1.54) is 0 Å². The lowest BCUT2D eigenvalue weighted by Gasteiger charge is -2.35. The van der Waals surface area contributed by atoms with Crippen LogP contribution in [0, 0.1) is 11.3 Å². The second-order valence-electron chi connectivity index (χ2n) is 6.09. The van der Waals surface area contributed by atoms with E-state index in [4.69, 9.17) is 0 Å². The first-order valence-corrected chi connectivity index (χ1v) is 7.76. The number of hydrogen-bond acceptors (Lipinski definition) is 3. The van der Waals surface area contributed by atoms with Crippen molar-refractivity contribution >= 4 is 11.8 Å². The van der Waals surface area contributed by atoms with E-state index in [1.807, 2.05) is 0 Å². The van der Waals surface area contributed by atoms with Gasteiger partial charge in [-0.25, -0.2) is 0 Å². The molecule has 2 amide bonds. The molecule has 5 nitrogen and oxygen atoms in total. The highest BCUT2D eigenvalue weighted by Crippen LogP contribution is 2.32. The molecular weight excluding hydrogens is 254 g/mol. The number of amides is 2. The van der Waals surface area contributed by atoms with E-state index < -0.39 is 0 Å². The Morgan fingerprint density at radius 2 is 1.85 bits per heavy atom. The number of piperidine rings is 1. The number of nitrogens with one attached hydrogen (secondary N) is 3. The Bertz CT molecular complexity index is 323. The van der Waals surface area contributed by atoms with Gasteiger partial charge in [0.2, 0.25) is 11.8 Å². The number of hydrogen-bond donors (Lipinski definition) is 3. The van der Waals surface area contributed by atoms with E-state index in [0.29, 0.717) is 25.4 Å². The SMILES string of the molecule is CCC1(C(=O)NCCC(=O)NCC(C)C)CCNCC1. The van der Waals surface area contributed by atoms with Crippen molar-refractivity contribution in [1.82, 2.24) is 16.0 Å². The zero-order chi connectivity index (χ0) is 15.0. The summed E-state index contributed by atoms with van der Waals surface area (Å²) in [7, 11) is 0. The van der Waals surface area contributed by atoms with Crippen LogP contribution in [-0.4, -0.2) is 38.0 Å². The fourth-order valence-electron chi connectivity index (χ4n) is 2.53. The summed E-state index contributed by atoms with van der Waals surface area (Å²) in [5.41, 5.74) is -0.236. The maximum atomic E-state index is 12.3. The van der Waals surface area contributed by atoms with Gasteiger partial charge in [0.05, 0.1) is 5.41 Å². The normalized spacial score (nSPS) is 17.8. The topological polar surface area (TPSA) is 70.2 Å². The quantitative estimate of drug-likeness (QED) is 0.654. The van der Waals surface area contributed by atoms with Crippen LogP contribution in [0.5, 0.6) is 0 Å². The minimum Gasteiger partial charge on any atom is -0.356 e. The summed E-state index contributed by atoms with van der Waals surface area (Å²) in [6, 6.07) is 0. The molecule has 0 unspecified atom stereocenters. The van der Waals surface area contributed by atoms with Crippen molar-refractivity contribution in [3.05, 3.63) is 0 Å². The maximum absolute atomic E-state index is 12.3. The Morgan fingerprint density at radius 3 is 2.40 bits per heavy atom. The van der Waals surface area contributed by atoms with Gasteiger partial charge in [0.15, 0.2) is 0 Å². The molecule has 116 valence electrons. The molecule has 5 heteroatoms. The number of carbonyl (C=O) groups is 2. The zero-order valence-electron chi connectivity index (χ0n) is 13.1. The highest BCUT2D eigenvalue weighted by molar-refractivity contribution is 5.83. The fourth-order valence-corrected chi connectivity index (χ4v) is 2.53. The van der Waals surface area contributed by atoms with Gasteiger partial charge in [0, 0.05) is 19.5 Å². The van der Waals surface area contributed by atoms with Gasteiger partial charge in [0.1, 0.15) is 0 Å². The number of carbonyl (C=O) groups excluding carboxylic acids is 2. The highest BCUT2D eigenvalue weighted by Gasteiger charge is 2.37. The second-order valence-corrected chi connectivity index (χ2v) is 6.09. The molecule has 1 saturated heterocycles. The van der Waals surface area contributed by atoms with E-state index in [0.717, 1.165) is 32.4 Å². The van der Waals surface area contributed by atoms with Crippen LogP contribution < -0.4 is 16.0 Å². The molecule has 0 atom stereocenters. The summed E-state index contributed by atoms with van der Waals surface area (Å²) in [5.74, 6) is 0.569. The monoisotopic (exact) mass is 283 g/mol. The summed E-state index contributed by atoms with van der Waals surface area (Å²) in [6.07, 6.45) is 2.99. The largest absolute Gasteiger partial charge is 0.356 e. The Kier molecular flexibility index (Phi) is 6.99. The average molecular weight is 283 g/mol. The van der Waals surface area contributed by atoms with Crippen LogP contribution in [0.25, 0.3) is 0 Å². The zero-order valence-corrected chi connectivity index (χ0v) is 13.1. The van der Waals surface area contributed by atoms with E-state index in [-0.39, 0.29) is 17.2 Å². The summed E-state index contributed by atoms with van der Waals surface area (Å²) in [5, 5.41) is 9.08. The fraction of sp³-hybridized carbons (Fsp3) is 0.867. The van der Waals surface area contributed by atoms with E-state index in [2.05, 4.69) is 36.7 Å². The minimum absolute atomic E-state index is 0.00913. The molecule has 0 aliphatic carbocycles. The van der Waals surface area contributed by atoms with Gasteiger partial charge < -0.3 is 16.0 Å². The first-order chi connectivity index (χ1) is 9.50. The second kappa shape index (κ2) is 8.25. The van der Waals surface area contributed by atoms with Crippen LogP contribution in [-0.2, 0) is 9.59 Å². The molecule has 1 aliphatic heterocycles. The van der Waals surface area contributed by atoms with Gasteiger partial charge in [-0.2, -0.15) is 0 Å². The smallest absolute Gasteiger partial charge is 0.226 e. The van der Waals surface area contributed by atoms with Crippen LogP contribution >= 0.6 is 0 Å². The van der Waals surface area contributed by atoms with E-state index in [1.54, 1.807) is 0 Å². The van der Waals surface area contributed by atoms with Crippen molar-refractivity contribution in [3.8, 4) is 0 Å². The first-order valence-electron chi connectivity index (χ1n) is 7.76. The third-order valence-corrected chi connectivity index (χ3v) is 4.06. The molecule has 0 radical (unpaired) electrons. The molecular formula is C15H29N3O2. The molecule has 0 saturated carbocycles. The highest BCUT2D eigenvalue weighted by atomic mass is 16.2. The standard InChI is InChI=1S/C15H29N3O2/c1-4-15(6-9-16-10-7-15)14(20)17-8-5-13(19)18-11-12(2)3/h12,16H,4-11H2,1-3H3,(H,17,20)(H,18,19). The molecule has 1 rings (SSSR count). The average Bonchev–Trinajstić information content (AvgIpc) is 2.45. The summed E-state index contributed by atoms with van der Waals surface area (Å²) in [6.45, 7) is 9.11. The third-order valence-electron chi connectivity index (χ3n) is 4.06. The van der Waals surface area contributed by atoms with Crippen molar-refractivity contribution in [2.24, 2.45) is 11.3 Å². The van der Waals surface area contributed by atoms with E-state index in [9.17, 15) is 9.59 Å². The minimum atomic E-state index is -0.236. The lowest BCUT2D eigenvalue weighted by Crippen LogP contribution is -2.47. The van der Waals surface area contributed by atoms with Gasteiger partial charge in [-0.15, -0.1) is 0 Å². The Labute approximate surface area is 122 Å². The number of rotatable bonds is 7. The van der Waals surface area contributed by atoms with Crippen molar-refractivity contribution in [2.75, 3.05) is 26.2 Å². The van der Waals surface area contributed by atoms with Crippen LogP contribution in [0.2, 0.25) is 0 Å². The Balaban J connectivity index is 2.29.